The number of carbonyl (C=O) groups is 4. The number of carbonyl (C=O) groups excluding carboxylic acids is 4. The maximum atomic E-state index is 12.4. The highest BCUT2D eigenvalue weighted by Crippen LogP contribution is 2.41. The number of hydrogen-bond acceptors (Lipinski definition) is 16. The number of benzene rings is 1. The van der Waals surface area contributed by atoms with Crippen LogP contribution in [0.25, 0.3) is 0 Å². The van der Waals surface area contributed by atoms with Gasteiger partial charge in [0, 0.05) is 58.5 Å². The van der Waals surface area contributed by atoms with Gasteiger partial charge in [-0.05, 0) is 120 Å². The third kappa shape index (κ3) is 20.3. The van der Waals surface area contributed by atoms with E-state index in [2.05, 4.69) is 4.18 Å². The summed E-state index contributed by atoms with van der Waals surface area (Å²) in [5.41, 5.74) is -20.4. The van der Waals surface area contributed by atoms with Gasteiger partial charge in [0.2, 0.25) is 0 Å². The average molecular weight is 1200 g/mol. The van der Waals surface area contributed by atoms with E-state index in [4.69, 9.17) is 23.5 Å². The van der Waals surface area contributed by atoms with E-state index in [1.165, 1.54) is 4.90 Å². The van der Waals surface area contributed by atoms with Gasteiger partial charge in [-0.15, -0.1) is 3.71 Å². The van der Waals surface area contributed by atoms with Crippen molar-refractivity contribution < 1.29 is 112 Å². The van der Waals surface area contributed by atoms with Crippen LogP contribution in [0.2, 0.25) is 0 Å². The van der Waals surface area contributed by atoms with Gasteiger partial charge in [0.25, 0.3) is 0 Å². The van der Waals surface area contributed by atoms with E-state index in [1.807, 2.05) is 75.3 Å². The zero-order chi connectivity index (χ0) is 60.7. The number of alkyl halides is 9. The Morgan fingerprint density at radius 2 is 0.910 bits per heavy atom. The van der Waals surface area contributed by atoms with Gasteiger partial charge in [-0.1, -0.05) is 24.3 Å². The lowest BCUT2D eigenvalue weighted by Crippen LogP contribution is -2.49. The topological polar surface area (TPSA) is 239 Å². The first kappa shape index (κ1) is 69.1. The van der Waals surface area contributed by atoms with Crippen molar-refractivity contribution in [3.63, 3.8) is 0 Å². The highest BCUT2D eigenvalue weighted by Gasteiger charge is 2.62. The molecule has 0 saturated carbocycles. The monoisotopic (exact) mass is 1200 g/mol. The second-order valence-corrected chi connectivity index (χ2v) is 26.6. The van der Waals surface area contributed by atoms with Crippen LogP contribution in [0.15, 0.2) is 53.7 Å². The molecule has 1 aromatic carbocycles. The van der Waals surface area contributed by atoms with Crippen LogP contribution < -0.4 is 3.71 Å². The second kappa shape index (κ2) is 25.2. The van der Waals surface area contributed by atoms with Crippen LogP contribution in [-0.4, -0.2) is 155 Å². The Morgan fingerprint density at radius 3 is 1.23 bits per heavy atom. The predicted molar refractivity (Wildman–Crippen MR) is 264 cm³/mol. The molecule has 5 rings (SSSR count). The van der Waals surface area contributed by atoms with Crippen molar-refractivity contribution in [3.8, 4) is 0 Å². The first-order valence-corrected chi connectivity index (χ1v) is 27.8. The summed E-state index contributed by atoms with van der Waals surface area (Å²) in [6, 6.07) is 3.85. The molecule has 4 aliphatic heterocycles. The van der Waals surface area contributed by atoms with Crippen LogP contribution in [0.4, 0.5) is 59.6 Å². The lowest BCUT2D eigenvalue weighted by atomic mass is 9.75. The number of hydrogen-bond donors (Lipinski definition) is 0. The first-order valence-electron chi connectivity index (χ1n) is 23.5. The number of para-hydroxylation sites is 1. The van der Waals surface area contributed by atoms with Crippen molar-refractivity contribution in [1.29, 1.82) is 0 Å². The number of anilines is 1. The van der Waals surface area contributed by atoms with E-state index < -0.39 is 79.0 Å². The molecule has 0 spiro atoms. The Bertz CT molecular complexity index is 2610. The molecule has 0 N–H and O–H groups in total. The molecule has 0 bridgehead atoms. The molecule has 446 valence electrons. The van der Waals surface area contributed by atoms with E-state index in [1.54, 1.807) is 30.6 Å². The smallest absolute Gasteiger partial charge is 0.444 e. The number of amides is 3. The molecule has 78 heavy (non-hydrogen) atoms. The molecule has 4 heterocycles. The van der Waals surface area contributed by atoms with Gasteiger partial charge in [-0.2, -0.15) is 64.8 Å². The van der Waals surface area contributed by atoms with Crippen LogP contribution in [0.1, 0.15) is 116 Å². The number of ketones is 1. The Hall–Kier alpha value is -5.02. The SMILES string of the molecule is CC(C)(C)OC(=O)N1CC=C(B2OC(C)(C)C(C)(C)O2)CC1.CC(C)(C)OC(=O)N1CC=C(OS(=O)(=O)C(F)(F)F)CC1.CC(C)(C)OC(=O)N1CCC(=O)CC1.O=S(=O)(N(c1ccccc1)S(=O)(=O)C(F)(F)F)C(F)(F)F. The lowest BCUT2D eigenvalue weighted by Gasteiger charge is -2.32. The van der Waals surface area contributed by atoms with Crippen molar-refractivity contribution in [3.05, 3.63) is 53.7 Å². The molecule has 0 radical (unpaired) electrons. The van der Waals surface area contributed by atoms with E-state index in [-0.39, 0.29) is 61.6 Å². The lowest BCUT2D eigenvalue weighted by molar-refractivity contribution is -0.121. The Kier molecular flexibility index (Phi) is 22.3. The summed E-state index contributed by atoms with van der Waals surface area (Å²) >= 11 is 0. The molecular formula is C45H66BF9N4O16S3. The molecule has 3 amide bonds. The molecule has 2 saturated heterocycles. The van der Waals surface area contributed by atoms with E-state index in [0.29, 0.717) is 51.2 Å². The number of likely N-dealkylation sites (tertiary alicyclic amines) is 1. The highest BCUT2D eigenvalue weighted by molar-refractivity contribution is 8.11. The van der Waals surface area contributed by atoms with Crippen molar-refractivity contribution in [2.24, 2.45) is 0 Å². The molecular weight excluding hydrogens is 1130 g/mol. The number of halogens is 9. The summed E-state index contributed by atoms with van der Waals surface area (Å²) in [5, 5.41) is 0. The third-order valence-electron chi connectivity index (χ3n) is 10.7. The molecule has 1 aromatic rings. The van der Waals surface area contributed by atoms with Gasteiger partial charge >= 0.3 is 72.1 Å². The van der Waals surface area contributed by atoms with E-state index in [9.17, 15) is 83.9 Å². The number of piperidine rings is 1. The summed E-state index contributed by atoms with van der Waals surface area (Å²) < 4.78 is 207. The highest BCUT2D eigenvalue weighted by atomic mass is 32.3. The molecule has 0 aliphatic carbocycles. The van der Waals surface area contributed by atoms with Crippen molar-refractivity contribution in [2.75, 3.05) is 43.0 Å². The normalized spacial score (nSPS) is 18.5. The standard InChI is InChI=1S/C16H28BNO4.C11H16F3NO5S.C10H17NO3.C8H5F6NO4S2/c1-14(2,3)20-13(19)18-10-8-12(9-11-18)17-21-15(4,5)16(6,7)22-17;1-10(2,3)19-9(16)15-6-4-8(5-7-15)20-21(17,18)11(12,13)14;1-10(2,3)14-9(13)11-6-4-8(12)5-7-11;9-7(10,11)20(16,17)15(6-4-2-1-3-5-6)21(18,19)8(12,13)14/h8H,9-11H2,1-7H3;4H,5-7H2,1-3H3;4-7H2,1-3H3;1-5H. The van der Waals surface area contributed by atoms with Crippen LogP contribution in [0.3, 0.4) is 0 Å². The Morgan fingerprint density at radius 1 is 0.551 bits per heavy atom. The maximum absolute atomic E-state index is 12.4. The summed E-state index contributed by atoms with van der Waals surface area (Å²) in [6.45, 7) is 26.4. The van der Waals surface area contributed by atoms with Crippen LogP contribution >= 0.6 is 0 Å². The van der Waals surface area contributed by atoms with E-state index >= 15 is 0 Å². The Labute approximate surface area is 448 Å². The molecule has 20 nitrogen and oxygen atoms in total. The average Bonchev–Trinajstić information content (AvgIpc) is 3.47. The predicted octanol–water partition coefficient (Wildman–Crippen LogP) is 9.34. The summed E-state index contributed by atoms with van der Waals surface area (Å²) in [5.74, 6) is -0.114. The van der Waals surface area contributed by atoms with Crippen molar-refractivity contribution >= 4 is 67.0 Å². The van der Waals surface area contributed by atoms with Gasteiger partial charge in [-0.25, -0.2) is 14.4 Å². The second-order valence-electron chi connectivity index (χ2n) is 21.3. The van der Waals surface area contributed by atoms with Crippen molar-refractivity contribution in [1.82, 2.24) is 14.7 Å². The maximum Gasteiger partial charge on any atom is 0.534 e. The fourth-order valence-electron chi connectivity index (χ4n) is 6.20. The van der Waals surface area contributed by atoms with Crippen LogP contribution in [0, 0.1) is 0 Å². The molecule has 0 aromatic heterocycles. The van der Waals surface area contributed by atoms with Crippen LogP contribution in [-0.2, 0) is 62.7 Å². The summed E-state index contributed by atoms with van der Waals surface area (Å²) in [7, 11) is -19.6. The van der Waals surface area contributed by atoms with E-state index in [0.717, 1.165) is 36.2 Å². The zero-order valence-corrected chi connectivity index (χ0v) is 47.6. The van der Waals surface area contributed by atoms with Gasteiger partial charge in [0.05, 0.1) is 16.9 Å². The van der Waals surface area contributed by atoms with Gasteiger partial charge in [-0.3, -0.25) is 4.79 Å². The molecule has 4 aliphatic rings. The first-order chi connectivity index (χ1) is 34.8. The fraction of sp³-hybridized carbons (Fsp3) is 0.689. The summed E-state index contributed by atoms with van der Waals surface area (Å²) in [6.07, 6.45) is 3.44. The van der Waals surface area contributed by atoms with Crippen LogP contribution in [0.5, 0.6) is 0 Å². The number of ether oxygens (including phenoxy) is 3. The van der Waals surface area contributed by atoms with Gasteiger partial charge in [0.1, 0.15) is 28.3 Å². The largest absolute Gasteiger partial charge is 0.534 e. The summed E-state index contributed by atoms with van der Waals surface area (Å²) in [4.78, 5) is 50.7. The minimum atomic E-state index is -6.81. The van der Waals surface area contributed by atoms with Gasteiger partial charge < -0.3 is 42.4 Å². The Balaban J connectivity index is 0.000000360. The minimum Gasteiger partial charge on any atom is -0.444 e. The molecule has 33 heteroatoms. The van der Waals surface area contributed by atoms with Crippen molar-refractivity contribution in [2.45, 2.75) is 160 Å². The molecule has 2 fully saturated rings. The number of rotatable bonds is 6. The quantitative estimate of drug-likeness (QED) is 0.0847. The molecule has 0 atom stereocenters. The molecule has 0 unspecified atom stereocenters. The number of Topliss-reactive ketones (excluding diaryl/α,β-unsaturated/α-hetero) is 1. The fourth-order valence-corrected chi connectivity index (χ4v) is 9.44. The third-order valence-corrected chi connectivity index (χ3v) is 15.4. The number of sulfonamides is 2. The number of nitrogens with zero attached hydrogens (tertiary/aromatic N) is 4. The zero-order valence-electron chi connectivity index (χ0n) is 45.1. The van der Waals surface area contributed by atoms with Gasteiger partial charge in [0.15, 0.2) is 0 Å². The minimum absolute atomic E-state index is 0.00806.